The minimum atomic E-state index is -4.96. The van der Waals surface area contributed by atoms with E-state index in [0.717, 1.165) is 95.8 Å². The molecule has 0 fully saturated rings. The van der Waals surface area contributed by atoms with Crippen LogP contribution in [0.5, 0.6) is 0 Å². The minimum absolute atomic E-state index is 0.108. The van der Waals surface area contributed by atoms with Gasteiger partial charge in [-0.25, -0.2) is 9.13 Å². The van der Waals surface area contributed by atoms with Crippen molar-refractivity contribution in [3.05, 3.63) is 0 Å². The van der Waals surface area contributed by atoms with Crippen LogP contribution in [0, 0.1) is 5.92 Å². The van der Waals surface area contributed by atoms with Gasteiger partial charge in [0.15, 0.2) is 12.2 Å². The van der Waals surface area contributed by atoms with E-state index < -0.39 is 97.5 Å². The molecule has 2 unspecified atom stereocenters. The Kier molecular flexibility index (Phi) is 68.7. The summed E-state index contributed by atoms with van der Waals surface area (Å²) in [7, 11) is -9.91. The van der Waals surface area contributed by atoms with E-state index >= 15 is 0 Å². The van der Waals surface area contributed by atoms with E-state index in [-0.39, 0.29) is 25.7 Å². The molecule has 0 spiro atoms. The number of esters is 4. The van der Waals surface area contributed by atoms with Crippen LogP contribution in [0.15, 0.2) is 0 Å². The van der Waals surface area contributed by atoms with E-state index in [2.05, 4.69) is 34.6 Å². The quantitative estimate of drug-likeness (QED) is 0.0222. The van der Waals surface area contributed by atoms with Crippen LogP contribution in [0.4, 0.5) is 0 Å². The van der Waals surface area contributed by atoms with Crippen LogP contribution < -0.4 is 0 Å². The lowest BCUT2D eigenvalue weighted by Gasteiger charge is -2.21. The minimum Gasteiger partial charge on any atom is -0.462 e. The summed E-state index contributed by atoms with van der Waals surface area (Å²) in [5.41, 5.74) is 0. The molecule has 570 valence electrons. The highest BCUT2D eigenvalue weighted by Crippen LogP contribution is 2.45. The lowest BCUT2D eigenvalue weighted by molar-refractivity contribution is -0.161. The number of rotatable bonds is 77. The van der Waals surface area contributed by atoms with E-state index in [1.54, 1.807) is 0 Å². The Hall–Kier alpha value is -1.94. The molecule has 0 heterocycles. The zero-order valence-corrected chi connectivity index (χ0v) is 64.3. The van der Waals surface area contributed by atoms with Crippen LogP contribution in [0.1, 0.15) is 407 Å². The molecule has 0 rings (SSSR count). The molecule has 17 nitrogen and oxygen atoms in total. The lowest BCUT2D eigenvalue weighted by atomic mass is 10.0. The first-order valence-electron chi connectivity index (χ1n) is 40.1. The van der Waals surface area contributed by atoms with Crippen molar-refractivity contribution in [1.29, 1.82) is 0 Å². The van der Waals surface area contributed by atoms with Crippen molar-refractivity contribution in [3.63, 3.8) is 0 Å². The highest BCUT2D eigenvalue weighted by molar-refractivity contribution is 7.47. The van der Waals surface area contributed by atoms with E-state index in [1.165, 1.54) is 231 Å². The van der Waals surface area contributed by atoms with Gasteiger partial charge in [-0.2, -0.15) is 0 Å². The van der Waals surface area contributed by atoms with Crippen molar-refractivity contribution in [2.24, 2.45) is 5.92 Å². The summed E-state index contributed by atoms with van der Waals surface area (Å²) in [6, 6.07) is 0. The van der Waals surface area contributed by atoms with Gasteiger partial charge in [0.05, 0.1) is 26.4 Å². The number of phosphoric ester groups is 2. The van der Waals surface area contributed by atoms with Crippen molar-refractivity contribution < 1.29 is 80.2 Å². The molecule has 19 heteroatoms. The molecule has 5 atom stereocenters. The second-order valence-electron chi connectivity index (χ2n) is 28.2. The molecule has 0 aliphatic rings. The summed E-state index contributed by atoms with van der Waals surface area (Å²) in [4.78, 5) is 72.9. The molecule has 0 saturated heterocycles. The second-order valence-corrected chi connectivity index (χ2v) is 31.1. The highest BCUT2D eigenvalue weighted by atomic mass is 31.2. The van der Waals surface area contributed by atoms with Crippen LogP contribution in [-0.2, 0) is 65.4 Å². The molecule has 0 aromatic heterocycles. The topological polar surface area (TPSA) is 237 Å². The smallest absolute Gasteiger partial charge is 0.462 e. The third-order valence-corrected chi connectivity index (χ3v) is 19.9. The fourth-order valence-corrected chi connectivity index (χ4v) is 13.5. The third kappa shape index (κ3) is 70.5. The van der Waals surface area contributed by atoms with Gasteiger partial charge in [0.2, 0.25) is 0 Å². The monoisotopic (exact) mass is 1410 g/mol. The normalized spacial score (nSPS) is 13.9. The summed E-state index contributed by atoms with van der Waals surface area (Å²) < 4.78 is 68.6. The molecule has 96 heavy (non-hydrogen) atoms. The van der Waals surface area contributed by atoms with E-state index in [4.69, 9.17) is 37.0 Å². The fraction of sp³-hybridized carbons (Fsp3) is 0.948. The van der Waals surface area contributed by atoms with Crippen LogP contribution in [0.3, 0.4) is 0 Å². The number of aliphatic hydroxyl groups excluding tert-OH is 1. The van der Waals surface area contributed by atoms with Gasteiger partial charge in [-0.05, 0) is 31.6 Å². The van der Waals surface area contributed by atoms with Crippen LogP contribution in [-0.4, -0.2) is 96.7 Å². The maximum atomic E-state index is 13.1. The third-order valence-electron chi connectivity index (χ3n) is 18.0. The number of hydrogen-bond donors (Lipinski definition) is 3. The number of hydrogen-bond acceptors (Lipinski definition) is 15. The standard InChI is InChI=1S/C77H150O17P2/c1-6-9-12-15-18-21-24-26-28-32-36-41-46-51-56-61-75(80)88-67-73(94-77(82)63-58-53-48-43-38-33-29-30-35-39-44-49-54-59-70(4)5)69-92-96(85,86)90-65-71(78)64-89-95(83,84)91-68-72(66-87-74(79)60-55-50-45-40-34-23-20-17-14-11-8-3)93-76(81)62-57-52-47-42-37-31-27-25-22-19-16-13-10-7-2/h70-73,78H,6-69H2,1-5H3,(H,83,84)(H,85,86)/t71-,72+,73+/m0/s1. The lowest BCUT2D eigenvalue weighted by Crippen LogP contribution is -2.30. The molecular formula is C77H150O17P2. The summed E-state index contributed by atoms with van der Waals surface area (Å²) >= 11 is 0. The Morgan fingerprint density at radius 3 is 0.708 bits per heavy atom. The van der Waals surface area contributed by atoms with Gasteiger partial charge in [-0.3, -0.25) is 37.3 Å². The van der Waals surface area contributed by atoms with E-state index in [0.29, 0.717) is 25.7 Å². The molecule has 0 amide bonds. The average molecular weight is 1410 g/mol. The zero-order chi connectivity index (χ0) is 70.5. The average Bonchev–Trinajstić information content (AvgIpc) is 1.39. The van der Waals surface area contributed by atoms with Gasteiger partial charge >= 0.3 is 39.5 Å². The van der Waals surface area contributed by atoms with Gasteiger partial charge in [0.1, 0.15) is 19.3 Å². The van der Waals surface area contributed by atoms with Gasteiger partial charge in [-0.1, -0.05) is 356 Å². The maximum Gasteiger partial charge on any atom is 0.472 e. The maximum absolute atomic E-state index is 13.1. The first-order chi connectivity index (χ1) is 46.5. The van der Waals surface area contributed by atoms with Crippen molar-refractivity contribution >= 4 is 39.5 Å². The van der Waals surface area contributed by atoms with Gasteiger partial charge in [0.25, 0.3) is 0 Å². The van der Waals surface area contributed by atoms with Crippen LogP contribution in [0.25, 0.3) is 0 Å². The number of unbranched alkanes of at least 4 members (excludes halogenated alkanes) is 49. The summed E-state index contributed by atoms with van der Waals surface area (Å²) in [6.07, 6.45) is 59.4. The van der Waals surface area contributed by atoms with Crippen molar-refractivity contribution in [1.82, 2.24) is 0 Å². The Morgan fingerprint density at radius 1 is 0.281 bits per heavy atom. The molecule has 0 saturated carbocycles. The first-order valence-corrected chi connectivity index (χ1v) is 43.1. The predicted molar refractivity (Wildman–Crippen MR) is 391 cm³/mol. The largest absolute Gasteiger partial charge is 0.472 e. The molecule has 0 aromatic carbocycles. The Balaban J connectivity index is 5.26. The fourth-order valence-electron chi connectivity index (χ4n) is 11.9. The van der Waals surface area contributed by atoms with Gasteiger partial charge in [0, 0.05) is 25.7 Å². The summed E-state index contributed by atoms with van der Waals surface area (Å²) in [6.45, 7) is 7.33. The zero-order valence-electron chi connectivity index (χ0n) is 62.5. The number of carbonyl (C=O) groups excluding carboxylic acids is 4. The van der Waals surface area contributed by atoms with Crippen molar-refractivity contribution in [3.8, 4) is 0 Å². The van der Waals surface area contributed by atoms with Crippen LogP contribution in [0.2, 0.25) is 0 Å². The Labute approximate surface area is 588 Å². The molecule has 3 N–H and O–H groups in total. The molecule has 0 aliphatic carbocycles. The number of carbonyl (C=O) groups is 4. The molecule has 0 radical (unpaired) electrons. The van der Waals surface area contributed by atoms with Crippen LogP contribution >= 0.6 is 15.6 Å². The first kappa shape index (κ1) is 94.1. The van der Waals surface area contributed by atoms with Gasteiger partial charge in [-0.15, -0.1) is 0 Å². The second kappa shape index (κ2) is 70.1. The molecular weight excluding hydrogens is 1260 g/mol. The Bertz CT molecular complexity index is 1840. The highest BCUT2D eigenvalue weighted by Gasteiger charge is 2.30. The van der Waals surface area contributed by atoms with Gasteiger partial charge < -0.3 is 33.8 Å². The number of ether oxygens (including phenoxy) is 4. The van der Waals surface area contributed by atoms with E-state index in [9.17, 15) is 43.2 Å². The molecule has 0 bridgehead atoms. The van der Waals surface area contributed by atoms with Crippen molar-refractivity contribution in [2.75, 3.05) is 39.6 Å². The van der Waals surface area contributed by atoms with Crippen molar-refractivity contribution in [2.45, 2.75) is 425 Å². The summed E-state index contributed by atoms with van der Waals surface area (Å²) in [5, 5.41) is 10.6. The SMILES string of the molecule is CCCCCCCCCCCCCCCCCC(=O)OC[C@H](COP(=O)(O)OC[C@@H](O)COP(=O)(O)OC[C@@H](COC(=O)CCCCCCCCCCCCC)OC(=O)CCCCCCCCCCCCCCCC)OC(=O)CCCCCCCCCCCCCCCC(C)C. The number of aliphatic hydroxyl groups is 1. The predicted octanol–water partition coefficient (Wildman–Crippen LogP) is 22.9. The summed E-state index contributed by atoms with van der Waals surface area (Å²) in [5.74, 6) is -1.32. The molecule has 0 aliphatic heterocycles. The molecule has 0 aromatic rings. The number of phosphoric acid groups is 2. The Morgan fingerprint density at radius 2 is 0.479 bits per heavy atom. The van der Waals surface area contributed by atoms with E-state index in [1.807, 2.05) is 0 Å².